The van der Waals surface area contributed by atoms with Gasteiger partial charge in [0.15, 0.2) is 11.1 Å². The van der Waals surface area contributed by atoms with Gasteiger partial charge in [0.05, 0.1) is 5.75 Å². The van der Waals surface area contributed by atoms with Gasteiger partial charge < -0.3 is 15.3 Å². The fourth-order valence-corrected chi connectivity index (χ4v) is 1.10. The van der Waals surface area contributed by atoms with E-state index in [1.54, 1.807) is 7.05 Å². The molecule has 11 heavy (non-hydrogen) atoms. The summed E-state index contributed by atoms with van der Waals surface area (Å²) in [6.07, 6.45) is 0.531. The van der Waals surface area contributed by atoms with Gasteiger partial charge in [0.1, 0.15) is 0 Å². The molecule has 0 rings (SSSR count). The summed E-state index contributed by atoms with van der Waals surface area (Å²) in [5, 5.41) is 10.2. The van der Waals surface area contributed by atoms with Crippen molar-refractivity contribution < 1.29 is 8.76 Å². The molecule has 3 N–H and O–H groups in total. The lowest BCUT2D eigenvalue weighted by atomic mass is 10.2. The Labute approximate surface area is 69.2 Å². The molecule has 0 amide bonds. The third kappa shape index (κ3) is 6.15. The smallest absolute Gasteiger partial charge is 0.158 e. The number of hydrogen-bond donors (Lipinski definition) is 3. The first-order valence-corrected chi connectivity index (χ1v) is 4.65. The van der Waals surface area contributed by atoms with Crippen molar-refractivity contribution in [2.45, 2.75) is 19.4 Å². The van der Waals surface area contributed by atoms with E-state index < -0.39 is 11.1 Å². The molecule has 5 heteroatoms. The highest BCUT2D eigenvalue weighted by molar-refractivity contribution is 7.80. The van der Waals surface area contributed by atoms with Gasteiger partial charge in [-0.25, -0.2) is 4.21 Å². The third-order valence-electron chi connectivity index (χ3n) is 1.34. The maximum Gasteiger partial charge on any atom is 0.158 e. The van der Waals surface area contributed by atoms with Crippen LogP contribution in [0.1, 0.15) is 13.3 Å². The summed E-state index contributed by atoms with van der Waals surface area (Å²) in [6.45, 7) is 1.93. The molecule has 2 unspecified atom stereocenters. The van der Waals surface area contributed by atoms with E-state index in [-0.39, 0.29) is 11.8 Å². The summed E-state index contributed by atoms with van der Waals surface area (Å²) in [5.41, 5.74) is 0.313. The largest absolute Gasteiger partial charge is 0.317 e. The molecule has 0 aliphatic rings. The molecule has 0 radical (unpaired) electrons. The van der Waals surface area contributed by atoms with Gasteiger partial charge in [-0.3, -0.25) is 0 Å². The van der Waals surface area contributed by atoms with Gasteiger partial charge in [-0.15, -0.1) is 0 Å². The fraction of sp³-hybridized carbons (Fsp3) is 0.833. The van der Waals surface area contributed by atoms with Gasteiger partial charge >= 0.3 is 0 Å². The van der Waals surface area contributed by atoms with Crippen LogP contribution >= 0.6 is 0 Å². The van der Waals surface area contributed by atoms with Crippen molar-refractivity contribution in [3.8, 4) is 0 Å². The number of rotatable bonds is 5. The van der Waals surface area contributed by atoms with E-state index in [9.17, 15) is 4.21 Å². The van der Waals surface area contributed by atoms with Crippen molar-refractivity contribution in [3.63, 3.8) is 0 Å². The van der Waals surface area contributed by atoms with E-state index in [2.05, 4.69) is 5.32 Å². The first-order valence-electron chi connectivity index (χ1n) is 3.37. The molecule has 0 saturated carbocycles. The Balaban J connectivity index is 3.60. The second kappa shape index (κ2) is 5.40. The van der Waals surface area contributed by atoms with E-state index in [1.165, 1.54) is 0 Å². The Hall–Kier alpha value is -0.260. The molecule has 2 atom stereocenters. The van der Waals surface area contributed by atoms with Gasteiger partial charge in [-0.05, 0) is 14.0 Å². The molecule has 0 bridgehead atoms. The van der Waals surface area contributed by atoms with Crippen molar-refractivity contribution in [2.75, 3.05) is 12.8 Å². The van der Waals surface area contributed by atoms with Crippen LogP contribution in [0.2, 0.25) is 0 Å². The standard InChI is InChI=1S/C6H14N2O2S/c1-5(8-2)3-6(7)4-11(9)10/h5,7-8H,3-4H2,1-2H3,(H,9,10). The lowest BCUT2D eigenvalue weighted by Gasteiger charge is -2.08. The zero-order chi connectivity index (χ0) is 8.85. The van der Waals surface area contributed by atoms with Crippen LogP contribution in [0.4, 0.5) is 0 Å². The minimum atomic E-state index is -1.87. The molecule has 0 aromatic rings. The van der Waals surface area contributed by atoms with Crippen LogP contribution in [-0.2, 0) is 11.1 Å². The highest BCUT2D eigenvalue weighted by Crippen LogP contribution is 1.92. The summed E-state index contributed by atoms with van der Waals surface area (Å²) in [7, 11) is 1.80. The van der Waals surface area contributed by atoms with Gasteiger partial charge in [0, 0.05) is 18.2 Å². The van der Waals surface area contributed by atoms with Gasteiger partial charge in [0.25, 0.3) is 0 Å². The molecular formula is C6H14N2O2S. The zero-order valence-electron chi connectivity index (χ0n) is 6.76. The van der Waals surface area contributed by atoms with Crippen LogP contribution in [0.25, 0.3) is 0 Å². The maximum absolute atomic E-state index is 10.2. The Bertz CT molecular complexity index is 161. The van der Waals surface area contributed by atoms with Crippen molar-refractivity contribution in [1.82, 2.24) is 5.32 Å². The summed E-state index contributed by atoms with van der Waals surface area (Å²) in [6, 6.07) is 0.200. The molecule has 0 heterocycles. The van der Waals surface area contributed by atoms with Crippen LogP contribution in [0, 0.1) is 5.41 Å². The third-order valence-corrected chi connectivity index (χ3v) is 1.94. The second-order valence-corrected chi connectivity index (χ2v) is 3.39. The second-order valence-electron chi connectivity index (χ2n) is 2.46. The topological polar surface area (TPSA) is 73.2 Å². The van der Waals surface area contributed by atoms with Crippen molar-refractivity contribution in [2.24, 2.45) is 0 Å². The van der Waals surface area contributed by atoms with Gasteiger partial charge in [-0.2, -0.15) is 0 Å². The molecule has 0 saturated heterocycles. The Morgan fingerprint density at radius 2 is 2.36 bits per heavy atom. The van der Waals surface area contributed by atoms with Crippen LogP contribution in [0.15, 0.2) is 0 Å². The van der Waals surface area contributed by atoms with Crippen molar-refractivity contribution in [1.29, 1.82) is 5.41 Å². The minimum Gasteiger partial charge on any atom is -0.317 e. The summed E-state index contributed by atoms with van der Waals surface area (Å²) < 4.78 is 18.6. The Morgan fingerprint density at radius 3 is 2.73 bits per heavy atom. The van der Waals surface area contributed by atoms with Gasteiger partial charge in [0.2, 0.25) is 0 Å². The molecule has 4 nitrogen and oxygen atoms in total. The lowest BCUT2D eigenvalue weighted by molar-refractivity contribution is 0.567. The molecule has 0 fully saturated rings. The first kappa shape index (κ1) is 10.7. The lowest BCUT2D eigenvalue weighted by Crippen LogP contribution is -2.26. The van der Waals surface area contributed by atoms with E-state index in [0.29, 0.717) is 12.1 Å². The monoisotopic (exact) mass is 178 g/mol. The van der Waals surface area contributed by atoms with Gasteiger partial charge in [-0.1, -0.05) is 0 Å². The highest BCUT2D eigenvalue weighted by Gasteiger charge is 2.05. The summed E-state index contributed by atoms with van der Waals surface area (Å²) >= 11 is -1.87. The molecule has 0 aromatic heterocycles. The number of nitrogens with one attached hydrogen (secondary N) is 2. The van der Waals surface area contributed by atoms with Crippen LogP contribution < -0.4 is 5.32 Å². The Kier molecular flexibility index (Phi) is 5.27. The normalized spacial score (nSPS) is 15.9. The quantitative estimate of drug-likeness (QED) is 0.416. The van der Waals surface area contributed by atoms with E-state index in [4.69, 9.17) is 9.96 Å². The summed E-state index contributed by atoms with van der Waals surface area (Å²) in [5.74, 6) is -0.0357. The fourth-order valence-electron chi connectivity index (χ4n) is 0.680. The predicted molar refractivity (Wildman–Crippen MR) is 46.5 cm³/mol. The van der Waals surface area contributed by atoms with Crippen LogP contribution in [0.3, 0.4) is 0 Å². The van der Waals surface area contributed by atoms with Crippen LogP contribution in [-0.4, -0.2) is 33.3 Å². The average Bonchev–Trinajstić information content (AvgIpc) is 1.85. The summed E-state index contributed by atoms with van der Waals surface area (Å²) in [4.78, 5) is 0. The molecule has 66 valence electrons. The first-order chi connectivity index (χ1) is 5.06. The minimum absolute atomic E-state index is 0.0357. The van der Waals surface area contributed by atoms with Crippen molar-refractivity contribution >= 4 is 16.8 Å². The molecule has 0 aliphatic carbocycles. The van der Waals surface area contributed by atoms with Crippen LogP contribution in [0.5, 0.6) is 0 Å². The molecular weight excluding hydrogens is 164 g/mol. The SMILES string of the molecule is CNC(C)CC(=N)CS(=O)O. The average molecular weight is 178 g/mol. The number of hydrogen-bond acceptors (Lipinski definition) is 3. The Morgan fingerprint density at radius 1 is 1.82 bits per heavy atom. The van der Waals surface area contributed by atoms with Crippen molar-refractivity contribution in [3.05, 3.63) is 0 Å². The van der Waals surface area contributed by atoms with E-state index >= 15 is 0 Å². The van der Waals surface area contributed by atoms with E-state index in [1.807, 2.05) is 6.92 Å². The van der Waals surface area contributed by atoms with E-state index in [0.717, 1.165) is 0 Å². The zero-order valence-corrected chi connectivity index (χ0v) is 7.57. The predicted octanol–water partition coefficient (Wildman–Crippen LogP) is 0.226. The maximum atomic E-state index is 10.2. The molecule has 0 aromatic carbocycles. The molecule has 0 aliphatic heterocycles. The molecule has 0 spiro atoms. The highest BCUT2D eigenvalue weighted by atomic mass is 32.2.